The second-order valence-electron chi connectivity index (χ2n) is 5.50. The van der Waals surface area contributed by atoms with Crippen molar-refractivity contribution in [1.82, 2.24) is 5.32 Å². The number of hydrogen-bond donors (Lipinski definition) is 1. The van der Waals surface area contributed by atoms with Crippen molar-refractivity contribution in [3.8, 4) is 5.75 Å². The second kappa shape index (κ2) is 8.36. The van der Waals surface area contributed by atoms with Gasteiger partial charge in [0.2, 0.25) is 0 Å². The number of halogens is 2. The van der Waals surface area contributed by atoms with Crippen LogP contribution in [0.3, 0.4) is 0 Å². The standard InChI is InChI=1S/C18H17BrClNO4/c1-18(17(23)24-2,11-25-13-6-4-3-5-7-13)21-16(22)14-10-12(20)8-9-15(14)19/h3-10H,11H2,1-2H3,(H,21,22). The summed E-state index contributed by atoms with van der Waals surface area (Å²) >= 11 is 9.25. The molecule has 2 aromatic carbocycles. The van der Waals surface area contributed by atoms with Crippen LogP contribution in [-0.4, -0.2) is 31.1 Å². The van der Waals surface area contributed by atoms with Gasteiger partial charge in [-0.25, -0.2) is 4.79 Å². The van der Waals surface area contributed by atoms with Crippen molar-refractivity contribution in [2.45, 2.75) is 12.5 Å². The van der Waals surface area contributed by atoms with Crippen LogP contribution in [0.1, 0.15) is 17.3 Å². The van der Waals surface area contributed by atoms with Crippen LogP contribution < -0.4 is 10.1 Å². The molecule has 0 aliphatic heterocycles. The summed E-state index contributed by atoms with van der Waals surface area (Å²) in [6.07, 6.45) is 0. The van der Waals surface area contributed by atoms with Crippen LogP contribution >= 0.6 is 27.5 Å². The zero-order valence-electron chi connectivity index (χ0n) is 13.7. The highest BCUT2D eigenvalue weighted by atomic mass is 79.9. The molecule has 0 aromatic heterocycles. The van der Waals surface area contributed by atoms with Crippen molar-refractivity contribution in [3.05, 3.63) is 63.6 Å². The molecule has 0 fully saturated rings. The highest BCUT2D eigenvalue weighted by molar-refractivity contribution is 9.10. The quantitative estimate of drug-likeness (QED) is 0.713. The Morgan fingerprint density at radius 1 is 1.20 bits per heavy atom. The first-order valence-electron chi connectivity index (χ1n) is 7.39. The molecule has 0 radical (unpaired) electrons. The molecule has 132 valence electrons. The maximum atomic E-state index is 12.6. The number of ether oxygens (including phenoxy) is 2. The third-order valence-electron chi connectivity index (χ3n) is 3.47. The van der Waals surface area contributed by atoms with Crippen LogP contribution in [0.25, 0.3) is 0 Å². The van der Waals surface area contributed by atoms with Gasteiger partial charge in [-0.3, -0.25) is 4.79 Å². The van der Waals surface area contributed by atoms with Gasteiger partial charge in [-0.1, -0.05) is 29.8 Å². The van der Waals surface area contributed by atoms with Gasteiger partial charge in [-0.05, 0) is 53.2 Å². The van der Waals surface area contributed by atoms with Crippen LogP contribution in [0.4, 0.5) is 0 Å². The van der Waals surface area contributed by atoms with E-state index in [2.05, 4.69) is 21.2 Å². The molecule has 2 rings (SSSR count). The van der Waals surface area contributed by atoms with Gasteiger partial charge in [0.15, 0.2) is 5.54 Å². The first-order valence-corrected chi connectivity index (χ1v) is 8.56. The summed E-state index contributed by atoms with van der Waals surface area (Å²) < 4.78 is 11.0. The fourth-order valence-corrected chi connectivity index (χ4v) is 2.70. The van der Waals surface area contributed by atoms with E-state index >= 15 is 0 Å². The molecule has 0 heterocycles. The molecule has 0 aliphatic rings. The van der Waals surface area contributed by atoms with E-state index in [1.807, 2.05) is 18.2 Å². The normalized spacial score (nSPS) is 12.8. The molecule has 1 atom stereocenters. The average molecular weight is 427 g/mol. The third-order valence-corrected chi connectivity index (χ3v) is 4.40. The third kappa shape index (κ3) is 4.96. The minimum Gasteiger partial charge on any atom is -0.491 e. The van der Waals surface area contributed by atoms with Gasteiger partial charge in [0.05, 0.1) is 12.7 Å². The molecule has 1 N–H and O–H groups in total. The molecule has 0 saturated heterocycles. The molecule has 7 heteroatoms. The summed E-state index contributed by atoms with van der Waals surface area (Å²) in [6, 6.07) is 13.8. The number of methoxy groups -OCH3 is 1. The molecule has 25 heavy (non-hydrogen) atoms. The summed E-state index contributed by atoms with van der Waals surface area (Å²) in [4.78, 5) is 24.8. The summed E-state index contributed by atoms with van der Waals surface area (Å²) in [5, 5.41) is 3.08. The minimum absolute atomic E-state index is 0.0897. The summed E-state index contributed by atoms with van der Waals surface area (Å²) in [5.41, 5.74) is -1.06. The number of rotatable bonds is 6. The number of hydrogen-bond acceptors (Lipinski definition) is 4. The van der Waals surface area contributed by atoms with E-state index in [-0.39, 0.29) is 6.61 Å². The van der Waals surface area contributed by atoms with Crippen LogP contribution in [0.2, 0.25) is 5.02 Å². The van der Waals surface area contributed by atoms with Crippen molar-refractivity contribution in [1.29, 1.82) is 0 Å². The molecule has 2 aromatic rings. The smallest absolute Gasteiger partial charge is 0.334 e. The number of esters is 1. The number of nitrogens with one attached hydrogen (secondary N) is 1. The fraction of sp³-hybridized carbons (Fsp3) is 0.222. The molecule has 1 unspecified atom stereocenters. The predicted molar refractivity (Wildman–Crippen MR) is 99.0 cm³/mol. The van der Waals surface area contributed by atoms with Gasteiger partial charge >= 0.3 is 5.97 Å². The molecule has 5 nitrogen and oxygen atoms in total. The highest BCUT2D eigenvalue weighted by Crippen LogP contribution is 2.22. The molecular weight excluding hydrogens is 410 g/mol. The van der Waals surface area contributed by atoms with Gasteiger partial charge in [-0.2, -0.15) is 0 Å². The molecule has 0 spiro atoms. The first-order chi connectivity index (χ1) is 11.9. The van der Waals surface area contributed by atoms with Crippen molar-refractivity contribution >= 4 is 39.4 Å². The minimum atomic E-state index is -1.37. The summed E-state index contributed by atoms with van der Waals surface area (Å²) in [5.74, 6) is -0.510. The monoisotopic (exact) mass is 425 g/mol. The van der Waals surface area contributed by atoms with Gasteiger partial charge in [0.25, 0.3) is 5.91 Å². The van der Waals surface area contributed by atoms with E-state index in [4.69, 9.17) is 21.1 Å². The Morgan fingerprint density at radius 2 is 1.88 bits per heavy atom. The Kier molecular flexibility index (Phi) is 6.45. The summed E-state index contributed by atoms with van der Waals surface area (Å²) in [7, 11) is 1.25. The lowest BCUT2D eigenvalue weighted by Gasteiger charge is -2.28. The van der Waals surface area contributed by atoms with Crippen molar-refractivity contribution in [3.63, 3.8) is 0 Å². The Bertz CT molecular complexity index is 769. The van der Waals surface area contributed by atoms with Crippen molar-refractivity contribution in [2.75, 3.05) is 13.7 Å². The lowest BCUT2D eigenvalue weighted by Crippen LogP contribution is -2.56. The Balaban J connectivity index is 2.20. The Labute approximate surface area is 159 Å². The van der Waals surface area contributed by atoms with Crippen molar-refractivity contribution in [2.24, 2.45) is 0 Å². The molecule has 1 amide bonds. The average Bonchev–Trinajstić information content (AvgIpc) is 2.62. The van der Waals surface area contributed by atoms with E-state index in [0.29, 0.717) is 20.8 Å². The van der Waals surface area contributed by atoms with Crippen LogP contribution in [0, 0.1) is 0 Å². The van der Waals surface area contributed by atoms with E-state index in [1.165, 1.54) is 20.1 Å². The second-order valence-corrected chi connectivity index (χ2v) is 6.79. The fourth-order valence-electron chi connectivity index (χ4n) is 2.11. The van der Waals surface area contributed by atoms with Crippen LogP contribution in [-0.2, 0) is 9.53 Å². The van der Waals surface area contributed by atoms with Gasteiger partial charge in [0.1, 0.15) is 12.4 Å². The van der Waals surface area contributed by atoms with E-state index in [9.17, 15) is 9.59 Å². The topological polar surface area (TPSA) is 64.6 Å². The Morgan fingerprint density at radius 3 is 2.52 bits per heavy atom. The molecule has 0 bridgehead atoms. The summed E-state index contributed by atoms with van der Waals surface area (Å²) in [6.45, 7) is 1.45. The largest absolute Gasteiger partial charge is 0.491 e. The van der Waals surface area contributed by atoms with Crippen LogP contribution in [0.5, 0.6) is 5.75 Å². The number of amides is 1. The van der Waals surface area contributed by atoms with Gasteiger partial charge < -0.3 is 14.8 Å². The number of carbonyl (C=O) groups is 2. The first kappa shape index (κ1) is 19.3. The maximum Gasteiger partial charge on any atom is 0.334 e. The maximum absolute atomic E-state index is 12.6. The number of carbonyl (C=O) groups excluding carboxylic acids is 2. The van der Waals surface area contributed by atoms with Crippen LogP contribution in [0.15, 0.2) is 53.0 Å². The number of benzene rings is 2. The zero-order valence-corrected chi connectivity index (χ0v) is 16.1. The Hall–Kier alpha value is -2.05. The number of para-hydroxylation sites is 1. The highest BCUT2D eigenvalue weighted by Gasteiger charge is 2.38. The lowest BCUT2D eigenvalue weighted by molar-refractivity contribution is -0.148. The van der Waals surface area contributed by atoms with E-state index < -0.39 is 17.4 Å². The van der Waals surface area contributed by atoms with Gasteiger partial charge in [-0.15, -0.1) is 0 Å². The van der Waals surface area contributed by atoms with E-state index in [1.54, 1.807) is 24.3 Å². The van der Waals surface area contributed by atoms with Crippen molar-refractivity contribution < 1.29 is 19.1 Å². The molecule has 0 aliphatic carbocycles. The molecule has 0 saturated carbocycles. The molecular formula is C18H17BrClNO4. The lowest BCUT2D eigenvalue weighted by atomic mass is 10.0. The van der Waals surface area contributed by atoms with E-state index in [0.717, 1.165) is 0 Å². The SMILES string of the molecule is COC(=O)C(C)(COc1ccccc1)NC(=O)c1cc(Cl)ccc1Br. The van der Waals surface area contributed by atoms with Gasteiger partial charge in [0, 0.05) is 9.50 Å². The predicted octanol–water partition coefficient (Wildman–Crippen LogP) is 3.84. The zero-order chi connectivity index (χ0) is 18.4.